The van der Waals surface area contributed by atoms with Gasteiger partial charge in [0.05, 0.1) is 16.5 Å². The molecule has 1 saturated heterocycles. The molecule has 0 N–H and O–H groups in total. The highest BCUT2D eigenvalue weighted by atomic mass is 32.2. The Morgan fingerprint density at radius 2 is 1.79 bits per heavy atom. The van der Waals surface area contributed by atoms with Crippen LogP contribution in [0.25, 0.3) is 5.69 Å². The average Bonchev–Trinajstić information content (AvgIpc) is 3.31. The largest absolute Gasteiger partial charge is 0.457 e. The molecule has 1 amide bonds. The number of benzene rings is 2. The van der Waals surface area contributed by atoms with Crippen molar-refractivity contribution < 1.29 is 22.7 Å². The van der Waals surface area contributed by atoms with Gasteiger partial charge in [0.2, 0.25) is 0 Å². The number of esters is 1. The molecule has 0 saturated carbocycles. The molecule has 3 aromatic rings. The van der Waals surface area contributed by atoms with Gasteiger partial charge in [-0.3, -0.25) is 9.59 Å². The second-order valence-electron chi connectivity index (χ2n) is 8.34. The van der Waals surface area contributed by atoms with Crippen LogP contribution in [-0.2, 0) is 26.0 Å². The number of tetrazole rings is 1. The number of hydrogen-bond donors (Lipinski definition) is 0. The van der Waals surface area contributed by atoms with Gasteiger partial charge in [0.15, 0.2) is 22.3 Å². The number of likely N-dealkylation sites (tertiary alicyclic amines) is 1. The number of rotatable bonds is 6. The molecule has 2 aromatic carbocycles. The van der Waals surface area contributed by atoms with Gasteiger partial charge in [0.1, 0.15) is 0 Å². The monoisotopic (exact) mass is 483 g/mol. The Balaban J connectivity index is 1.38. The summed E-state index contributed by atoms with van der Waals surface area (Å²) in [5.74, 6) is -0.646. The van der Waals surface area contributed by atoms with Gasteiger partial charge in [-0.15, -0.1) is 5.10 Å². The van der Waals surface area contributed by atoms with E-state index in [2.05, 4.69) is 15.5 Å². The van der Waals surface area contributed by atoms with Crippen molar-refractivity contribution in [1.29, 1.82) is 0 Å². The number of nitrogens with zero attached hydrogens (tertiary/aromatic N) is 5. The highest BCUT2D eigenvalue weighted by molar-refractivity contribution is 7.90. The molecule has 11 heteroatoms. The molecule has 2 heterocycles. The Kier molecular flexibility index (Phi) is 6.73. The molecule has 1 aromatic heterocycles. The summed E-state index contributed by atoms with van der Waals surface area (Å²) in [6.45, 7) is 2.70. The van der Waals surface area contributed by atoms with Gasteiger partial charge in [0, 0.05) is 24.9 Å². The highest BCUT2D eigenvalue weighted by Gasteiger charge is 2.30. The molecule has 4 rings (SSSR count). The zero-order valence-electron chi connectivity index (χ0n) is 18.9. The number of piperidine rings is 1. The SMILES string of the molecule is Cc1ccc(C(=O)N2CCCC(C(=O)OCc3nnnn3-c3ccc(S(C)(=O)=O)cc3)C2)cc1. The summed E-state index contributed by atoms with van der Waals surface area (Å²) in [6.07, 6.45) is 2.47. The fourth-order valence-corrected chi connectivity index (χ4v) is 4.45. The predicted molar refractivity (Wildman–Crippen MR) is 122 cm³/mol. The van der Waals surface area contributed by atoms with Gasteiger partial charge >= 0.3 is 5.97 Å². The van der Waals surface area contributed by atoms with Gasteiger partial charge in [-0.25, -0.2) is 8.42 Å². The van der Waals surface area contributed by atoms with Crippen molar-refractivity contribution in [2.75, 3.05) is 19.3 Å². The minimum Gasteiger partial charge on any atom is -0.457 e. The zero-order valence-corrected chi connectivity index (χ0v) is 19.7. The van der Waals surface area contributed by atoms with Crippen LogP contribution >= 0.6 is 0 Å². The summed E-state index contributed by atoms with van der Waals surface area (Å²) in [5.41, 5.74) is 2.21. The van der Waals surface area contributed by atoms with Crippen LogP contribution in [-0.4, -0.2) is 64.7 Å². The van der Waals surface area contributed by atoms with Crippen molar-refractivity contribution in [2.24, 2.45) is 5.92 Å². The van der Waals surface area contributed by atoms with Crippen molar-refractivity contribution in [3.63, 3.8) is 0 Å². The maximum absolute atomic E-state index is 12.8. The maximum atomic E-state index is 12.8. The second-order valence-corrected chi connectivity index (χ2v) is 10.4. The summed E-state index contributed by atoms with van der Waals surface area (Å²) in [4.78, 5) is 27.4. The first kappa shape index (κ1) is 23.6. The van der Waals surface area contributed by atoms with Crippen molar-refractivity contribution in [1.82, 2.24) is 25.1 Å². The lowest BCUT2D eigenvalue weighted by atomic mass is 9.97. The van der Waals surface area contributed by atoms with Gasteiger partial charge in [-0.2, -0.15) is 4.68 Å². The molecule has 0 radical (unpaired) electrons. The average molecular weight is 484 g/mol. The van der Waals surface area contributed by atoms with E-state index in [1.165, 1.54) is 16.8 Å². The number of amides is 1. The minimum absolute atomic E-state index is 0.0982. The lowest BCUT2D eigenvalue weighted by Gasteiger charge is -2.31. The molecule has 0 bridgehead atoms. The third kappa shape index (κ3) is 5.30. The van der Waals surface area contributed by atoms with E-state index in [1.807, 2.05) is 19.1 Å². The number of aryl methyl sites for hydroxylation is 1. The van der Waals surface area contributed by atoms with Crippen molar-refractivity contribution in [3.8, 4) is 5.69 Å². The van der Waals surface area contributed by atoms with Gasteiger partial charge < -0.3 is 9.64 Å². The van der Waals surface area contributed by atoms with Crippen LogP contribution in [0.1, 0.15) is 34.6 Å². The Labute approximate surface area is 197 Å². The summed E-state index contributed by atoms with van der Waals surface area (Å²) in [5, 5.41) is 11.5. The van der Waals surface area contributed by atoms with Crippen LogP contribution in [0.3, 0.4) is 0 Å². The van der Waals surface area contributed by atoms with Crippen LogP contribution in [0, 0.1) is 12.8 Å². The molecular weight excluding hydrogens is 458 g/mol. The molecule has 10 nitrogen and oxygen atoms in total. The molecule has 1 aliphatic rings. The Hall–Kier alpha value is -3.60. The number of sulfone groups is 1. The van der Waals surface area contributed by atoms with E-state index in [-0.39, 0.29) is 17.4 Å². The maximum Gasteiger partial charge on any atom is 0.311 e. The van der Waals surface area contributed by atoms with Crippen molar-refractivity contribution in [2.45, 2.75) is 31.3 Å². The first-order chi connectivity index (χ1) is 16.2. The Morgan fingerprint density at radius 1 is 1.09 bits per heavy atom. The van der Waals surface area contributed by atoms with E-state index in [1.54, 1.807) is 29.2 Å². The number of hydrogen-bond acceptors (Lipinski definition) is 8. The van der Waals surface area contributed by atoms with Crippen molar-refractivity contribution >= 4 is 21.7 Å². The van der Waals surface area contributed by atoms with E-state index in [9.17, 15) is 18.0 Å². The standard InChI is InChI=1S/C23H25N5O5S/c1-16-5-7-17(8-6-16)22(29)27-13-3-4-18(14-27)23(30)33-15-21-24-25-26-28(21)19-9-11-20(12-10-19)34(2,31)32/h5-12,18H,3-4,13-15H2,1-2H3. The van der Waals surface area contributed by atoms with Crippen LogP contribution < -0.4 is 0 Å². The predicted octanol–water partition coefficient (Wildman–Crippen LogP) is 1.97. The Bertz CT molecular complexity index is 1290. The summed E-state index contributed by atoms with van der Waals surface area (Å²) >= 11 is 0. The lowest BCUT2D eigenvalue weighted by Crippen LogP contribution is -2.42. The summed E-state index contributed by atoms with van der Waals surface area (Å²) < 4.78 is 30.2. The van der Waals surface area contributed by atoms with Crippen LogP contribution in [0.15, 0.2) is 53.4 Å². The number of ether oxygens (including phenoxy) is 1. The molecule has 1 atom stereocenters. The molecule has 1 fully saturated rings. The van der Waals surface area contributed by atoms with Crippen LogP contribution in [0.5, 0.6) is 0 Å². The van der Waals surface area contributed by atoms with E-state index < -0.39 is 21.7 Å². The van der Waals surface area contributed by atoms with E-state index >= 15 is 0 Å². The second kappa shape index (κ2) is 9.72. The smallest absolute Gasteiger partial charge is 0.311 e. The van der Waals surface area contributed by atoms with Crippen LogP contribution in [0.4, 0.5) is 0 Å². The molecule has 178 valence electrons. The molecular formula is C23H25N5O5S. The topological polar surface area (TPSA) is 124 Å². The third-order valence-electron chi connectivity index (χ3n) is 5.73. The molecule has 1 aliphatic heterocycles. The molecule has 0 spiro atoms. The molecule has 34 heavy (non-hydrogen) atoms. The van der Waals surface area contributed by atoms with Crippen molar-refractivity contribution in [3.05, 3.63) is 65.5 Å². The summed E-state index contributed by atoms with van der Waals surface area (Å²) in [7, 11) is -3.32. The van der Waals surface area contributed by atoms with E-state index in [4.69, 9.17) is 4.74 Å². The zero-order chi connectivity index (χ0) is 24.3. The lowest BCUT2D eigenvalue weighted by molar-refractivity contribution is -0.151. The third-order valence-corrected chi connectivity index (χ3v) is 6.86. The quantitative estimate of drug-likeness (QED) is 0.488. The van der Waals surface area contributed by atoms with E-state index in [0.29, 0.717) is 43.0 Å². The van der Waals surface area contributed by atoms with Gasteiger partial charge in [0.25, 0.3) is 5.91 Å². The molecule has 1 unspecified atom stereocenters. The first-order valence-corrected chi connectivity index (χ1v) is 12.7. The number of aromatic nitrogens is 4. The van der Waals surface area contributed by atoms with Crippen LogP contribution in [0.2, 0.25) is 0 Å². The highest BCUT2D eigenvalue weighted by Crippen LogP contribution is 2.21. The number of carbonyl (C=O) groups is 2. The first-order valence-electron chi connectivity index (χ1n) is 10.8. The van der Waals surface area contributed by atoms with E-state index in [0.717, 1.165) is 11.8 Å². The van der Waals surface area contributed by atoms with Gasteiger partial charge in [-0.05, 0) is 66.6 Å². The molecule has 0 aliphatic carbocycles. The summed E-state index contributed by atoms with van der Waals surface area (Å²) in [6, 6.07) is 13.4. The normalized spacial score (nSPS) is 16.3. The van der Waals surface area contributed by atoms with Gasteiger partial charge in [-0.1, -0.05) is 17.7 Å². The fraction of sp³-hybridized carbons (Fsp3) is 0.348. The minimum atomic E-state index is -3.32. The fourth-order valence-electron chi connectivity index (χ4n) is 3.82. The Morgan fingerprint density at radius 3 is 2.47 bits per heavy atom. The number of carbonyl (C=O) groups excluding carboxylic acids is 2.